The molecule has 1 aliphatic heterocycles. The van der Waals surface area contributed by atoms with Crippen LogP contribution in [0.5, 0.6) is 23.0 Å². The maximum absolute atomic E-state index is 5.76. The molecule has 0 bridgehead atoms. The smallest absolute Gasteiger partial charge is 0.129 e. The van der Waals surface area contributed by atoms with Crippen molar-refractivity contribution < 1.29 is 18.9 Å². The Balaban J connectivity index is 1.74. The van der Waals surface area contributed by atoms with Gasteiger partial charge in [-0.1, -0.05) is 37.6 Å². The number of rotatable bonds is 11. The molecule has 3 aromatic carbocycles. The van der Waals surface area contributed by atoms with Gasteiger partial charge in [-0.25, -0.2) is 0 Å². The molecule has 0 amide bonds. The summed E-state index contributed by atoms with van der Waals surface area (Å²) in [6.45, 7) is 2.22. The van der Waals surface area contributed by atoms with E-state index in [1.807, 2.05) is 48.6 Å². The number of hydrazone groups is 1. The van der Waals surface area contributed by atoms with Gasteiger partial charge in [0.2, 0.25) is 0 Å². The van der Waals surface area contributed by atoms with E-state index >= 15 is 0 Å². The van der Waals surface area contributed by atoms with Gasteiger partial charge in [-0.05, 0) is 67.0 Å². The zero-order valence-electron chi connectivity index (χ0n) is 22.4. The van der Waals surface area contributed by atoms with E-state index in [4.69, 9.17) is 24.0 Å². The number of nitrogens with zero attached hydrogens (tertiary/aromatic N) is 2. The van der Waals surface area contributed by atoms with Crippen LogP contribution in [0.25, 0.3) is 6.08 Å². The highest BCUT2D eigenvalue weighted by Gasteiger charge is 2.33. The number of hydrogen-bond donors (Lipinski definition) is 0. The van der Waals surface area contributed by atoms with Crippen molar-refractivity contribution in [3.63, 3.8) is 0 Å². The number of ether oxygens (including phenoxy) is 4. The molecule has 1 aliphatic rings. The third-order valence-electron chi connectivity index (χ3n) is 6.66. The summed E-state index contributed by atoms with van der Waals surface area (Å²) < 4.78 is 22.7. The fourth-order valence-electron chi connectivity index (χ4n) is 4.73. The van der Waals surface area contributed by atoms with Crippen LogP contribution in [0.2, 0.25) is 0 Å². The van der Waals surface area contributed by atoms with Crippen LogP contribution >= 0.6 is 0 Å². The molecule has 0 N–H and O–H groups in total. The topological polar surface area (TPSA) is 52.5 Å². The molecule has 1 heterocycles. The molecule has 0 aliphatic carbocycles. The van der Waals surface area contributed by atoms with Gasteiger partial charge in [-0.3, -0.25) is 5.01 Å². The minimum absolute atomic E-state index is 0.0909. The lowest BCUT2D eigenvalue weighted by Gasteiger charge is -2.27. The van der Waals surface area contributed by atoms with Crippen LogP contribution in [0, 0.1) is 0 Å². The fraction of sp³-hybridized carbons (Fsp3) is 0.323. The van der Waals surface area contributed by atoms with Crippen molar-refractivity contribution in [3.05, 3.63) is 83.4 Å². The molecule has 6 heteroatoms. The van der Waals surface area contributed by atoms with Crippen LogP contribution in [-0.2, 0) is 6.42 Å². The molecule has 0 fully saturated rings. The van der Waals surface area contributed by atoms with Crippen molar-refractivity contribution in [1.29, 1.82) is 0 Å². The van der Waals surface area contributed by atoms with E-state index in [0.717, 1.165) is 51.9 Å². The molecule has 1 unspecified atom stereocenters. The lowest BCUT2D eigenvalue weighted by Crippen LogP contribution is -2.20. The number of methoxy groups -OCH3 is 4. The highest BCUT2D eigenvalue weighted by molar-refractivity contribution is 6.01. The minimum atomic E-state index is -0.0909. The van der Waals surface area contributed by atoms with Gasteiger partial charge in [-0.15, -0.1) is 0 Å². The second-order valence-electron chi connectivity index (χ2n) is 8.91. The maximum Gasteiger partial charge on any atom is 0.129 e. The molecule has 0 aromatic heterocycles. The molecule has 194 valence electrons. The quantitative estimate of drug-likeness (QED) is 0.281. The van der Waals surface area contributed by atoms with Crippen molar-refractivity contribution in [2.75, 3.05) is 33.4 Å². The fourth-order valence-corrected chi connectivity index (χ4v) is 4.73. The molecule has 1 atom stereocenters. The summed E-state index contributed by atoms with van der Waals surface area (Å²) in [5, 5.41) is 7.13. The van der Waals surface area contributed by atoms with Crippen LogP contribution in [0.3, 0.4) is 0 Å². The molecule has 0 spiro atoms. The van der Waals surface area contributed by atoms with Gasteiger partial charge in [0.15, 0.2) is 0 Å². The Labute approximate surface area is 220 Å². The molecular formula is C31H36N2O4. The third-order valence-corrected chi connectivity index (χ3v) is 6.66. The first kappa shape index (κ1) is 26.1. The second-order valence-corrected chi connectivity index (χ2v) is 8.91. The molecule has 6 nitrogen and oxygen atoms in total. The Bertz CT molecular complexity index is 1210. The van der Waals surface area contributed by atoms with Gasteiger partial charge in [0.25, 0.3) is 0 Å². The van der Waals surface area contributed by atoms with E-state index in [1.165, 1.54) is 18.4 Å². The van der Waals surface area contributed by atoms with E-state index in [9.17, 15) is 0 Å². The predicted molar refractivity (Wildman–Crippen MR) is 150 cm³/mol. The SMILES string of the molecule is CCCCc1ccc(N2N=C(C=Cc3c(OC)cccc3OC)CC2c2c(OC)cccc2OC)cc1. The maximum atomic E-state index is 5.76. The molecule has 4 rings (SSSR count). The first-order valence-electron chi connectivity index (χ1n) is 12.7. The van der Waals surface area contributed by atoms with Gasteiger partial charge in [0.05, 0.1) is 57.0 Å². The summed E-state index contributed by atoms with van der Waals surface area (Å²) in [7, 11) is 6.70. The summed E-state index contributed by atoms with van der Waals surface area (Å²) in [6.07, 6.45) is 8.17. The minimum Gasteiger partial charge on any atom is -0.496 e. The first-order chi connectivity index (χ1) is 18.1. The first-order valence-corrected chi connectivity index (χ1v) is 12.7. The van der Waals surface area contributed by atoms with Crippen molar-refractivity contribution >= 4 is 17.5 Å². The van der Waals surface area contributed by atoms with Crippen LogP contribution in [0.15, 0.2) is 71.8 Å². The normalized spacial score (nSPS) is 15.1. The van der Waals surface area contributed by atoms with E-state index in [-0.39, 0.29) is 6.04 Å². The van der Waals surface area contributed by atoms with Crippen molar-refractivity contribution in [2.24, 2.45) is 5.10 Å². The molecule has 0 saturated heterocycles. The van der Waals surface area contributed by atoms with Crippen LogP contribution < -0.4 is 24.0 Å². The molecule has 37 heavy (non-hydrogen) atoms. The van der Waals surface area contributed by atoms with E-state index in [2.05, 4.69) is 36.2 Å². The summed E-state index contributed by atoms with van der Waals surface area (Å²) in [5.74, 6) is 3.05. The Morgan fingerprint density at radius 1 is 0.784 bits per heavy atom. The second kappa shape index (κ2) is 12.3. The summed E-state index contributed by atoms with van der Waals surface area (Å²) in [6, 6.07) is 20.3. The van der Waals surface area contributed by atoms with E-state index in [0.29, 0.717) is 6.42 Å². The largest absolute Gasteiger partial charge is 0.496 e. The van der Waals surface area contributed by atoms with Gasteiger partial charge >= 0.3 is 0 Å². The Hall–Kier alpha value is -3.93. The lowest BCUT2D eigenvalue weighted by molar-refractivity contribution is 0.379. The average molecular weight is 501 g/mol. The Morgan fingerprint density at radius 2 is 1.35 bits per heavy atom. The monoisotopic (exact) mass is 500 g/mol. The van der Waals surface area contributed by atoms with Gasteiger partial charge in [-0.2, -0.15) is 5.10 Å². The molecular weight excluding hydrogens is 464 g/mol. The molecule has 0 saturated carbocycles. The van der Waals surface area contributed by atoms with Crippen molar-refractivity contribution in [3.8, 4) is 23.0 Å². The number of aryl methyl sites for hydroxylation is 1. The summed E-state index contributed by atoms with van der Waals surface area (Å²) in [4.78, 5) is 0. The lowest BCUT2D eigenvalue weighted by atomic mass is 9.98. The highest BCUT2D eigenvalue weighted by atomic mass is 16.5. The Kier molecular flexibility index (Phi) is 8.72. The van der Waals surface area contributed by atoms with E-state index < -0.39 is 0 Å². The number of allylic oxidation sites excluding steroid dienone is 1. The number of hydrogen-bond acceptors (Lipinski definition) is 6. The average Bonchev–Trinajstić information content (AvgIpc) is 3.38. The predicted octanol–water partition coefficient (Wildman–Crippen LogP) is 7.08. The standard InChI is InChI=1S/C31H36N2O4/c1-6-7-10-22-15-18-24(19-16-22)33-26(31-29(36-4)13-9-14-30(31)37-5)21-23(32-33)17-20-25-27(34-2)11-8-12-28(25)35-3/h8-9,11-20,26H,6-7,10,21H2,1-5H3. The van der Waals surface area contributed by atoms with Crippen LogP contribution in [-0.4, -0.2) is 34.2 Å². The van der Waals surface area contributed by atoms with E-state index in [1.54, 1.807) is 28.4 Å². The molecule has 0 radical (unpaired) electrons. The zero-order chi connectivity index (χ0) is 26.2. The van der Waals surface area contributed by atoms with Gasteiger partial charge in [0.1, 0.15) is 23.0 Å². The zero-order valence-corrected chi connectivity index (χ0v) is 22.4. The summed E-state index contributed by atoms with van der Waals surface area (Å²) >= 11 is 0. The Morgan fingerprint density at radius 3 is 1.89 bits per heavy atom. The van der Waals surface area contributed by atoms with Crippen molar-refractivity contribution in [2.45, 2.75) is 38.6 Å². The van der Waals surface area contributed by atoms with Gasteiger partial charge in [0, 0.05) is 6.42 Å². The van der Waals surface area contributed by atoms with Crippen LogP contribution in [0.1, 0.15) is 48.9 Å². The highest BCUT2D eigenvalue weighted by Crippen LogP contribution is 2.44. The third kappa shape index (κ3) is 5.74. The number of benzene rings is 3. The van der Waals surface area contributed by atoms with Crippen LogP contribution in [0.4, 0.5) is 5.69 Å². The van der Waals surface area contributed by atoms with Gasteiger partial charge < -0.3 is 18.9 Å². The van der Waals surface area contributed by atoms with Crippen molar-refractivity contribution in [1.82, 2.24) is 0 Å². The molecule has 3 aromatic rings. The number of anilines is 1. The summed E-state index contributed by atoms with van der Waals surface area (Å²) in [5.41, 5.74) is 5.14. The number of unbranched alkanes of at least 4 members (excludes halogenated alkanes) is 1.